The minimum absolute atomic E-state index is 0.161. The Morgan fingerprint density at radius 1 is 0.731 bits per heavy atom. The van der Waals surface area contributed by atoms with Crippen molar-refractivity contribution in [2.24, 2.45) is 0 Å². The van der Waals surface area contributed by atoms with Gasteiger partial charge in [0.15, 0.2) is 0 Å². The lowest BCUT2D eigenvalue weighted by Crippen LogP contribution is -1.97. The van der Waals surface area contributed by atoms with E-state index < -0.39 is 0 Å². The minimum atomic E-state index is 0.161. The largest absolute Gasteiger partial charge is 0.282 e. The lowest BCUT2D eigenvalue weighted by atomic mass is 9.94. The summed E-state index contributed by atoms with van der Waals surface area (Å²) in [7, 11) is 0. The molecule has 0 bridgehead atoms. The van der Waals surface area contributed by atoms with Crippen LogP contribution in [0, 0.1) is 0 Å². The Hall–Kier alpha value is -2.58. The van der Waals surface area contributed by atoms with Crippen molar-refractivity contribution in [1.29, 1.82) is 0 Å². The monoisotopic (exact) mass is 356 g/mol. The highest BCUT2D eigenvalue weighted by molar-refractivity contribution is 8.14. The average Bonchev–Trinajstić information content (AvgIpc) is 2.71. The zero-order chi connectivity index (χ0) is 17.8. The van der Waals surface area contributed by atoms with Gasteiger partial charge in [0, 0.05) is 11.3 Å². The summed E-state index contributed by atoms with van der Waals surface area (Å²) in [6.07, 6.45) is 1.97. The predicted molar refractivity (Wildman–Crippen MR) is 113 cm³/mol. The summed E-state index contributed by atoms with van der Waals surface area (Å²) in [5.41, 5.74) is 2.18. The molecule has 0 unspecified atom stereocenters. The fourth-order valence-corrected chi connectivity index (χ4v) is 4.23. The van der Waals surface area contributed by atoms with Gasteiger partial charge < -0.3 is 0 Å². The highest BCUT2D eigenvalue weighted by Gasteiger charge is 2.09. The quantitative estimate of drug-likeness (QED) is 0.300. The Morgan fingerprint density at radius 3 is 1.96 bits per heavy atom. The van der Waals surface area contributed by atoms with Crippen molar-refractivity contribution in [2.45, 2.75) is 12.8 Å². The first-order valence-electron chi connectivity index (χ1n) is 8.94. The summed E-state index contributed by atoms with van der Waals surface area (Å²) in [5, 5.41) is 5.38. The van der Waals surface area contributed by atoms with Crippen molar-refractivity contribution in [3.63, 3.8) is 0 Å². The highest BCUT2D eigenvalue weighted by atomic mass is 32.2. The van der Waals surface area contributed by atoms with Crippen LogP contribution in [0.3, 0.4) is 0 Å². The second-order valence-corrected chi connectivity index (χ2v) is 7.47. The van der Waals surface area contributed by atoms with E-state index in [1.165, 1.54) is 38.9 Å². The molecule has 0 aliphatic carbocycles. The van der Waals surface area contributed by atoms with E-state index in [0.29, 0.717) is 0 Å². The summed E-state index contributed by atoms with van der Waals surface area (Å²) in [6.45, 7) is 0. The van der Waals surface area contributed by atoms with Crippen molar-refractivity contribution >= 4 is 38.4 Å². The molecule has 128 valence electrons. The average molecular weight is 356 g/mol. The molecule has 26 heavy (non-hydrogen) atoms. The van der Waals surface area contributed by atoms with Gasteiger partial charge in [0.05, 0.1) is 0 Å². The molecule has 0 N–H and O–H groups in total. The van der Waals surface area contributed by atoms with Crippen LogP contribution in [0.4, 0.5) is 0 Å². The van der Waals surface area contributed by atoms with Crippen LogP contribution in [0.15, 0.2) is 84.9 Å². The summed E-state index contributed by atoms with van der Waals surface area (Å²) < 4.78 is 0. The topological polar surface area (TPSA) is 17.1 Å². The first-order chi connectivity index (χ1) is 12.8. The van der Waals surface area contributed by atoms with Gasteiger partial charge in [0.2, 0.25) is 5.12 Å². The van der Waals surface area contributed by atoms with Crippen LogP contribution in [0.2, 0.25) is 0 Å². The molecule has 4 rings (SSSR count). The number of aryl methyl sites for hydroxylation is 1. The molecular weight excluding hydrogens is 336 g/mol. The van der Waals surface area contributed by atoms with E-state index in [0.717, 1.165) is 24.2 Å². The van der Waals surface area contributed by atoms with E-state index in [1.807, 2.05) is 30.3 Å². The van der Waals surface area contributed by atoms with E-state index in [4.69, 9.17) is 0 Å². The zero-order valence-corrected chi connectivity index (χ0v) is 15.3. The number of rotatable bonds is 5. The molecule has 4 aromatic carbocycles. The molecule has 0 saturated carbocycles. The van der Waals surface area contributed by atoms with Crippen LogP contribution in [0.25, 0.3) is 21.5 Å². The van der Waals surface area contributed by atoms with Crippen molar-refractivity contribution < 1.29 is 4.79 Å². The van der Waals surface area contributed by atoms with E-state index in [-0.39, 0.29) is 5.12 Å². The summed E-state index contributed by atoms with van der Waals surface area (Å²) in [4.78, 5) is 12.2. The van der Waals surface area contributed by atoms with Crippen LogP contribution in [-0.4, -0.2) is 10.9 Å². The molecule has 0 fully saturated rings. The summed E-state index contributed by atoms with van der Waals surface area (Å²) >= 11 is 1.42. The maximum atomic E-state index is 12.2. The molecule has 0 amide bonds. The van der Waals surface area contributed by atoms with E-state index >= 15 is 0 Å². The lowest BCUT2D eigenvalue weighted by molar-refractivity contribution is 0.108. The van der Waals surface area contributed by atoms with Gasteiger partial charge in [-0.25, -0.2) is 0 Å². The molecule has 0 aromatic heterocycles. The second-order valence-electron chi connectivity index (χ2n) is 6.40. The summed E-state index contributed by atoms with van der Waals surface area (Å²) in [6, 6.07) is 29.0. The van der Waals surface area contributed by atoms with Gasteiger partial charge in [0.25, 0.3) is 0 Å². The maximum absolute atomic E-state index is 12.2. The zero-order valence-electron chi connectivity index (χ0n) is 14.5. The van der Waals surface area contributed by atoms with Crippen LogP contribution in [0.5, 0.6) is 0 Å². The molecule has 0 saturated heterocycles. The van der Waals surface area contributed by atoms with Crippen molar-refractivity contribution in [2.75, 3.05) is 5.75 Å². The molecule has 0 aliphatic heterocycles. The van der Waals surface area contributed by atoms with Gasteiger partial charge in [0.1, 0.15) is 0 Å². The maximum Gasteiger partial charge on any atom is 0.219 e. The number of hydrogen-bond donors (Lipinski definition) is 0. The molecule has 0 radical (unpaired) electrons. The third kappa shape index (κ3) is 3.51. The Labute approximate surface area is 158 Å². The Balaban J connectivity index is 1.52. The first kappa shape index (κ1) is 16.9. The molecular formula is C24H20OS. The van der Waals surface area contributed by atoms with Crippen molar-refractivity contribution in [3.05, 3.63) is 96.1 Å². The fraction of sp³-hybridized carbons (Fsp3) is 0.125. The Bertz CT molecular complexity index is 999. The molecule has 0 atom stereocenters. The van der Waals surface area contributed by atoms with E-state index in [1.54, 1.807) is 0 Å². The smallest absolute Gasteiger partial charge is 0.219 e. The first-order valence-corrected chi connectivity index (χ1v) is 9.93. The van der Waals surface area contributed by atoms with Gasteiger partial charge in [-0.15, -0.1) is 0 Å². The standard InChI is InChI=1S/C24H20OS/c25-24(18-9-2-1-3-10-18)26-16-8-15-23-21-13-6-4-11-19(21)17-20-12-5-7-14-22(20)23/h1-7,9-14,17H,8,15-16H2. The van der Waals surface area contributed by atoms with E-state index in [2.05, 4.69) is 54.6 Å². The highest BCUT2D eigenvalue weighted by Crippen LogP contribution is 2.29. The molecule has 2 heteroatoms. The predicted octanol–water partition coefficient (Wildman–Crippen LogP) is 6.50. The number of benzene rings is 4. The SMILES string of the molecule is O=C(SCCCc1c2ccccc2cc2ccccc12)c1ccccc1. The van der Waals surface area contributed by atoms with Gasteiger partial charge >= 0.3 is 0 Å². The molecule has 1 nitrogen and oxygen atoms in total. The molecule has 4 aromatic rings. The third-order valence-electron chi connectivity index (χ3n) is 4.70. The van der Waals surface area contributed by atoms with Crippen molar-refractivity contribution in [3.8, 4) is 0 Å². The van der Waals surface area contributed by atoms with Gasteiger partial charge in [-0.05, 0) is 46.0 Å². The summed E-state index contributed by atoms with van der Waals surface area (Å²) in [5.74, 6) is 0.839. The normalized spacial score (nSPS) is 11.1. The van der Waals surface area contributed by atoms with Crippen molar-refractivity contribution in [1.82, 2.24) is 0 Å². The van der Waals surface area contributed by atoms with Crippen LogP contribution in [-0.2, 0) is 6.42 Å². The van der Waals surface area contributed by atoms with Crippen LogP contribution >= 0.6 is 11.8 Å². The van der Waals surface area contributed by atoms with Crippen LogP contribution < -0.4 is 0 Å². The van der Waals surface area contributed by atoms with Gasteiger partial charge in [-0.1, -0.05) is 90.6 Å². The van der Waals surface area contributed by atoms with Gasteiger partial charge in [-0.2, -0.15) is 0 Å². The minimum Gasteiger partial charge on any atom is -0.282 e. The molecule has 0 aliphatic rings. The lowest BCUT2D eigenvalue weighted by Gasteiger charge is -2.11. The van der Waals surface area contributed by atoms with Crippen LogP contribution in [0.1, 0.15) is 22.3 Å². The van der Waals surface area contributed by atoms with E-state index in [9.17, 15) is 4.79 Å². The molecule has 0 heterocycles. The third-order valence-corrected chi connectivity index (χ3v) is 5.69. The second kappa shape index (κ2) is 7.76. The Kier molecular flexibility index (Phi) is 5.03. The number of carbonyl (C=O) groups is 1. The Morgan fingerprint density at radius 2 is 1.31 bits per heavy atom. The number of carbonyl (C=O) groups excluding carboxylic acids is 1. The number of fused-ring (bicyclic) bond motifs is 2. The van der Waals surface area contributed by atoms with Gasteiger partial charge in [-0.3, -0.25) is 4.79 Å². The number of hydrogen-bond acceptors (Lipinski definition) is 2. The molecule has 0 spiro atoms. The number of thioether (sulfide) groups is 1. The fourth-order valence-electron chi connectivity index (χ4n) is 3.45.